The molecule has 2 aromatic heterocycles. The number of hydrogen-bond donors (Lipinski definition) is 1. The van der Waals surface area contributed by atoms with Crippen LogP contribution in [0, 0.1) is 12.8 Å². The van der Waals surface area contributed by atoms with Gasteiger partial charge in [0.05, 0.1) is 10.5 Å². The summed E-state index contributed by atoms with van der Waals surface area (Å²) in [6, 6.07) is 13.6. The van der Waals surface area contributed by atoms with Gasteiger partial charge in [-0.1, -0.05) is 60.4 Å². The van der Waals surface area contributed by atoms with E-state index in [1.807, 2.05) is 48.2 Å². The first kappa shape index (κ1) is 25.2. The van der Waals surface area contributed by atoms with Gasteiger partial charge in [-0.2, -0.15) is 0 Å². The normalized spacial score (nSPS) is 17.8. The maximum atomic E-state index is 13.7. The van der Waals surface area contributed by atoms with Crippen LogP contribution in [0.25, 0.3) is 11.7 Å². The first-order valence-corrected chi connectivity index (χ1v) is 13.4. The molecule has 0 aliphatic carbocycles. The maximum absolute atomic E-state index is 13.7. The van der Waals surface area contributed by atoms with Crippen LogP contribution < -0.4 is 16.2 Å². The number of thioether (sulfide) groups is 1. The molecule has 1 aromatic carbocycles. The number of nitrogens with two attached hydrogens (primary N) is 1. The molecule has 3 aromatic rings. The third-order valence-corrected chi connectivity index (χ3v) is 8.25. The molecule has 5 rings (SSSR count). The standard InChI is InChI=1S/C27H27N5O3S2/c1-17-6-5-12-31-23(17)29-24(30-13-10-19(11-14-30)22(28)33)20(25(31)34)16-21-26(35)32(27(36)37-21)15-9-18-7-3-2-4-8-18/h2-8,12,16,19H,9-11,13-15H2,1H3,(H2,28,33). The zero-order valence-corrected chi connectivity index (χ0v) is 22.1. The Bertz CT molecular complexity index is 1480. The van der Waals surface area contributed by atoms with Crippen LogP contribution in [0.4, 0.5) is 5.82 Å². The number of carbonyl (C=O) groups excluding carboxylic acids is 2. The molecule has 37 heavy (non-hydrogen) atoms. The minimum atomic E-state index is -0.304. The molecule has 0 saturated carbocycles. The Hall–Kier alpha value is -3.50. The van der Waals surface area contributed by atoms with Gasteiger partial charge in [0.2, 0.25) is 5.91 Å². The summed E-state index contributed by atoms with van der Waals surface area (Å²) in [5.74, 6) is -0.194. The fourth-order valence-electron chi connectivity index (χ4n) is 4.75. The SMILES string of the molecule is Cc1cccn2c(=O)c(C=C3SC(=S)N(CCc4ccccc4)C3=O)c(N3CCC(C(N)=O)CC3)nc12. The fourth-order valence-corrected chi connectivity index (χ4v) is 6.04. The quantitative estimate of drug-likeness (QED) is 0.384. The number of primary amides is 1. The van der Waals surface area contributed by atoms with Gasteiger partial charge in [0.25, 0.3) is 11.5 Å². The third-order valence-electron chi connectivity index (χ3n) is 6.88. The third kappa shape index (κ3) is 5.03. The van der Waals surface area contributed by atoms with Gasteiger partial charge in [-0.25, -0.2) is 4.98 Å². The number of piperidine rings is 1. The molecule has 0 unspecified atom stereocenters. The van der Waals surface area contributed by atoms with Gasteiger partial charge in [-0.05, 0) is 49.5 Å². The van der Waals surface area contributed by atoms with Crippen molar-refractivity contribution < 1.29 is 9.59 Å². The molecule has 2 aliphatic rings. The monoisotopic (exact) mass is 533 g/mol. The van der Waals surface area contributed by atoms with Crippen LogP contribution in [0.3, 0.4) is 0 Å². The number of hydrogen-bond acceptors (Lipinski definition) is 7. The van der Waals surface area contributed by atoms with Gasteiger partial charge in [0.1, 0.15) is 15.8 Å². The summed E-state index contributed by atoms with van der Waals surface area (Å²) in [5.41, 5.74) is 8.15. The van der Waals surface area contributed by atoms with Gasteiger partial charge in [-0.15, -0.1) is 0 Å². The molecule has 0 atom stereocenters. The summed E-state index contributed by atoms with van der Waals surface area (Å²) in [4.78, 5) is 47.6. The van der Waals surface area contributed by atoms with E-state index in [9.17, 15) is 14.4 Å². The zero-order valence-electron chi connectivity index (χ0n) is 20.4. The van der Waals surface area contributed by atoms with Crippen molar-refractivity contribution in [2.75, 3.05) is 24.5 Å². The van der Waals surface area contributed by atoms with Crippen LogP contribution in [0.1, 0.15) is 29.5 Å². The largest absolute Gasteiger partial charge is 0.369 e. The highest BCUT2D eigenvalue weighted by molar-refractivity contribution is 8.26. The molecule has 10 heteroatoms. The summed E-state index contributed by atoms with van der Waals surface area (Å²) < 4.78 is 1.98. The van der Waals surface area contributed by atoms with Gasteiger partial charge in [-0.3, -0.25) is 23.7 Å². The first-order valence-electron chi connectivity index (χ1n) is 12.2. The number of thiocarbonyl (C=S) groups is 1. The summed E-state index contributed by atoms with van der Waals surface area (Å²) in [7, 11) is 0. The predicted molar refractivity (Wildman–Crippen MR) is 150 cm³/mol. The van der Waals surface area contributed by atoms with Crippen molar-refractivity contribution in [3.63, 3.8) is 0 Å². The first-order chi connectivity index (χ1) is 17.8. The van der Waals surface area contributed by atoms with Gasteiger partial charge in [0.15, 0.2) is 0 Å². The lowest BCUT2D eigenvalue weighted by Gasteiger charge is -2.32. The fraction of sp³-hybridized carbons (Fsp3) is 0.296. The molecule has 4 heterocycles. The smallest absolute Gasteiger partial charge is 0.267 e. The van der Waals surface area contributed by atoms with Crippen molar-refractivity contribution in [3.05, 3.63) is 80.6 Å². The molecule has 0 spiro atoms. The lowest BCUT2D eigenvalue weighted by molar-refractivity contribution is -0.123. The average molecular weight is 534 g/mol. The Morgan fingerprint density at radius 1 is 1.16 bits per heavy atom. The Kier molecular flexibility index (Phi) is 7.12. The Balaban J connectivity index is 1.50. The average Bonchev–Trinajstić information content (AvgIpc) is 3.17. The van der Waals surface area contributed by atoms with E-state index in [2.05, 4.69) is 0 Å². The number of fused-ring (bicyclic) bond motifs is 1. The second-order valence-electron chi connectivity index (χ2n) is 9.27. The van der Waals surface area contributed by atoms with E-state index in [-0.39, 0.29) is 23.3 Å². The molecule has 190 valence electrons. The zero-order chi connectivity index (χ0) is 26.1. The van der Waals surface area contributed by atoms with Crippen molar-refractivity contribution in [1.82, 2.24) is 14.3 Å². The summed E-state index contributed by atoms with van der Waals surface area (Å²) >= 11 is 6.72. The molecule has 2 N–H and O–H groups in total. The van der Waals surface area contributed by atoms with E-state index in [4.69, 9.17) is 22.9 Å². The second kappa shape index (κ2) is 10.5. The number of pyridine rings is 1. The number of aryl methyl sites for hydroxylation is 1. The van der Waals surface area contributed by atoms with E-state index in [0.717, 1.165) is 11.1 Å². The molecule has 2 fully saturated rings. The van der Waals surface area contributed by atoms with E-state index >= 15 is 0 Å². The molecule has 2 amide bonds. The van der Waals surface area contributed by atoms with Gasteiger partial charge >= 0.3 is 0 Å². The van der Waals surface area contributed by atoms with Crippen LogP contribution in [0.2, 0.25) is 0 Å². The minimum Gasteiger partial charge on any atom is -0.369 e. The van der Waals surface area contributed by atoms with Crippen LogP contribution in [-0.4, -0.2) is 50.1 Å². The van der Waals surface area contributed by atoms with E-state index in [1.54, 1.807) is 23.2 Å². The molecular formula is C27H27N5O3S2. The van der Waals surface area contributed by atoms with Gasteiger partial charge < -0.3 is 10.6 Å². The lowest BCUT2D eigenvalue weighted by atomic mass is 9.96. The molecule has 0 bridgehead atoms. The number of aromatic nitrogens is 2. The highest BCUT2D eigenvalue weighted by Crippen LogP contribution is 2.34. The van der Waals surface area contributed by atoms with Crippen LogP contribution in [-0.2, 0) is 16.0 Å². The molecule has 8 nitrogen and oxygen atoms in total. The van der Waals surface area contributed by atoms with Crippen LogP contribution >= 0.6 is 24.0 Å². The number of rotatable bonds is 6. The molecule has 0 radical (unpaired) electrons. The summed E-state index contributed by atoms with van der Waals surface area (Å²) in [5, 5.41) is 0. The number of carbonyl (C=O) groups is 2. The number of benzene rings is 1. The van der Waals surface area contributed by atoms with Crippen LogP contribution in [0.15, 0.2) is 58.4 Å². The van der Waals surface area contributed by atoms with Crippen molar-refractivity contribution >= 4 is 57.7 Å². The maximum Gasteiger partial charge on any atom is 0.267 e. The Morgan fingerprint density at radius 2 is 1.89 bits per heavy atom. The number of amides is 2. The van der Waals surface area contributed by atoms with E-state index < -0.39 is 0 Å². The molecular weight excluding hydrogens is 506 g/mol. The molecule has 2 saturated heterocycles. The van der Waals surface area contributed by atoms with Crippen molar-refractivity contribution in [2.24, 2.45) is 11.7 Å². The van der Waals surface area contributed by atoms with Gasteiger partial charge in [0, 0.05) is 31.7 Å². The molecule has 2 aliphatic heterocycles. The van der Waals surface area contributed by atoms with Crippen LogP contribution in [0.5, 0.6) is 0 Å². The highest BCUT2D eigenvalue weighted by atomic mass is 32.2. The predicted octanol–water partition coefficient (Wildman–Crippen LogP) is 3.15. The topological polar surface area (TPSA) is 101 Å². The Labute approximate surface area is 224 Å². The van der Waals surface area contributed by atoms with Crippen molar-refractivity contribution in [3.8, 4) is 0 Å². The number of anilines is 1. The lowest BCUT2D eigenvalue weighted by Crippen LogP contribution is -2.40. The summed E-state index contributed by atoms with van der Waals surface area (Å²) in [6.07, 6.45) is 5.17. The summed E-state index contributed by atoms with van der Waals surface area (Å²) in [6.45, 7) is 3.46. The minimum absolute atomic E-state index is 0.191. The highest BCUT2D eigenvalue weighted by Gasteiger charge is 2.33. The second-order valence-corrected chi connectivity index (χ2v) is 10.9. The Morgan fingerprint density at radius 3 is 2.59 bits per heavy atom. The number of nitrogens with zero attached hydrogens (tertiary/aromatic N) is 4. The van der Waals surface area contributed by atoms with E-state index in [0.29, 0.717) is 65.2 Å². The van der Waals surface area contributed by atoms with E-state index in [1.165, 1.54) is 16.2 Å². The van der Waals surface area contributed by atoms with Crippen molar-refractivity contribution in [1.29, 1.82) is 0 Å². The van der Waals surface area contributed by atoms with Crippen molar-refractivity contribution in [2.45, 2.75) is 26.2 Å².